The third kappa shape index (κ3) is 2.77. The summed E-state index contributed by atoms with van der Waals surface area (Å²) in [7, 11) is -3.54. The standard InChI is InChI=1S/C13H8F3N3O3S/c1-23(21,22)19-6-2-3-7-8(4-6)11(20)10-9(7)5-17-12(18-10)13(14,15)16/h2-5,19H,1H3. The zero-order valence-corrected chi connectivity index (χ0v) is 12.3. The number of anilines is 1. The largest absolute Gasteiger partial charge is 0.451 e. The summed E-state index contributed by atoms with van der Waals surface area (Å²) in [5.74, 6) is -2.10. The maximum atomic E-state index is 12.6. The molecule has 0 atom stereocenters. The van der Waals surface area contributed by atoms with E-state index < -0.39 is 27.8 Å². The van der Waals surface area contributed by atoms with Crippen LogP contribution in [0.1, 0.15) is 21.9 Å². The first-order valence-electron chi connectivity index (χ1n) is 6.17. The second-order valence-corrected chi connectivity index (χ2v) is 6.67. The van der Waals surface area contributed by atoms with Gasteiger partial charge in [-0.1, -0.05) is 6.07 Å². The lowest BCUT2D eigenvalue weighted by Crippen LogP contribution is -2.13. The Hall–Kier alpha value is -2.49. The van der Waals surface area contributed by atoms with Crippen LogP contribution in [0.15, 0.2) is 24.4 Å². The van der Waals surface area contributed by atoms with Gasteiger partial charge in [0.15, 0.2) is 0 Å². The molecule has 1 aromatic carbocycles. The summed E-state index contributed by atoms with van der Waals surface area (Å²) in [6, 6.07) is 4.09. The molecule has 1 aliphatic carbocycles. The van der Waals surface area contributed by atoms with Gasteiger partial charge in [-0.05, 0) is 17.7 Å². The fourth-order valence-electron chi connectivity index (χ4n) is 2.26. The van der Waals surface area contributed by atoms with E-state index in [1.54, 1.807) is 0 Å². The predicted octanol–water partition coefficient (Wildman–Crippen LogP) is 2.08. The number of benzene rings is 1. The predicted molar refractivity (Wildman–Crippen MR) is 74.4 cm³/mol. The minimum absolute atomic E-state index is 0.0716. The molecule has 3 rings (SSSR count). The molecule has 0 unspecified atom stereocenters. The van der Waals surface area contributed by atoms with Crippen molar-refractivity contribution in [2.24, 2.45) is 0 Å². The summed E-state index contributed by atoms with van der Waals surface area (Å²) in [5, 5.41) is 0. The van der Waals surface area contributed by atoms with Crippen LogP contribution in [-0.4, -0.2) is 30.4 Å². The van der Waals surface area contributed by atoms with E-state index in [9.17, 15) is 26.4 Å². The van der Waals surface area contributed by atoms with Crippen LogP contribution < -0.4 is 4.72 Å². The fourth-order valence-corrected chi connectivity index (χ4v) is 2.82. The number of carbonyl (C=O) groups is 1. The molecule has 0 radical (unpaired) electrons. The lowest BCUT2D eigenvalue weighted by atomic mass is 10.1. The van der Waals surface area contributed by atoms with E-state index in [0.717, 1.165) is 12.5 Å². The highest BCUT2D eigenvalue weighted by molar-refractivity contribution is 7.92. The van der Waals surface area contributed by atoms with E-state index in [0.29, 0.717) is 5.56 Å². The number of ketones is 1. The molecule has 0 saturated heterocycles. The van der Waals surface area contributed by atoms with Gasteiger partial charge in [-0.2, -0.15) is 13.2 Å². The maximum Gasteiger partial charge on any atom is 0.451 e. The van der Waals surface area contributed by atoms with Gasteiger partial charge >= 0.3 is 6.18 Å². The molecule has 120 valence electrons. The minimum atomic E-state index is -4.76. The van der Waals surface area contributed by atoms with Gasteiger partial charge in [-0.3, -0.25) is 9.52 Å². The summed E-state index contributed by atoms with van der Waals surface area (Å²) in [6.45, 7) is 0. The summed E-state index contributed by atoms with van der Waals surface area (Å²) < 4.78 is 62.6. The molecule has 10 heteroatoms. The number of halogens is 3. The summed E-state index contributed by atoms with van der Waals surface area (Å²) in [5.41, 5.74) is 0.402. The van der Waals surface area contributed by atoms with Crippen LogP contribution >= 0.6 is 0 Å². The molecule has 23 heavy (non-hydrogen) atoms. The van der Waals surface area contributed by atoms with Gasteiger partial charge in [0, 0.05) is 23.0 Å². The van der Waals surface area contributed by atoms with Gasteiger partial charge in [0.1, 0.15) is 5.69 Å². The maximum absolute atomic E-state index is 12.6. The normalized spacial score (nSPS) is 13.7. The number of carbonyl (C=O) groups excluding carboxylic acids is 1. The van der Waals surface area contributed by atoms with Crippen molar-refractivity contribution in [2.45, 2.75) is 6.18 Å². The second kappa shape index (κ2) is 4.75. The average molecular weight is 343 g/mol. The van der Waals surface area contributed by atoms with Gasteiger partial charge in [0.05, 0.1) is 6.26 Å². The number of sulfonamides is 1. The molecule has 1 aliphatic rings. The molecule has 0 fully saturated rings. The molecular formula is C13H8F3N3O3S. The number of hydrogen-bond acceptors (Lipinski definition) is 5. The lowest BCUT2D eigenvalue weighted by molar-refractivity contribution is -0.145. The van der Waals surface area contributed by atoms with Crippen LogP contribution in [0, 0.1) is 0 Å². The summed E-state index contributed by atoms with van der Waals surface area (Å²) >= 11 is 0. The lowest BCUT2D eigenvalue weighted by Gasteiger charge is -2.06. The molecule has 1 aromatic heterocycles. The first-order chi connectivity index (χ1) is 10.6. The van der Waals surface area contributed by atoms with E-state index in [-0.39, 0.29) is 22.5 Å². The van der Waals surface area contributed by atoms with E-state index >= 15 is 0 Å². The monoisotopic (exact) mass is 343 g/mol. The molecule has 1 N–H and O–H groups in total. The molecular weight excluding hydrogens is 335 g/mol. The molecule has 0 saturated carbocycles. The van der Waals surface area contributed by atoms with Gasteiger partial charge in [-0.15, -0.1) is 0 Å². The first kappa shape index (κ1) is 15.4. The van der Waals surface area contributed by atoms with E-state index in [1.807, 2.05) is 0 Å². The molecule has 6 nitrogen and oxygen atoms in total. The number of rotatable bonds is 2. The Kier molecular flexibility index (Phi) is 3.18. The van der Waals surface area contributed by atoms with Crippen LogP contribution in [-0.2, 0) is 16.2 Å². The molecule has 1 heterocycles. The van der Waals surface area contributed by atoms with Crippen LogP contribution in [0.3, 0.4) is 0 Å². The van der Waals surface area contributed by atoms with Crippen molar-refractivity contribution in [1.29, 1.82) is 0 Å². The fraction of sp³-hybridized carbons (Fsp3) is 0.154. The van der Waals surface area contributed by atoms with Crippen LogP contribution in [0.4, 0.5) is 18.9 Å². The van der Waals surface area contributed by atoms with Gasteiger partial charge in [-0.25, -0.2) is 18.4 Å². The Morgan fingerprint density at radius 2 is 1.83 bits per heavy atom. The van der Waals surface area contributed by atoms with Crippen LogP contribution in [0.25, 0.3) is 11.1 Å². The number of nitrogens with one attached hydrogen (secondary N) is 1. The van der Waals surface area contributed by atoms with Crippen LogP contribution in [0.2, 0.25) is 0 Å². The number of alkyl halides is 3. The highest BCUT2D eigenvalue weighted by atomic mass is 32.2. The average Bonchev–Trinajstić information content (AvgIpc) is 2.69. The minimum Gasteiger partial charge on any atom is -0.287 e. The third-order valence-electron chi connectivity index (χ3n) is 3.11. The van der Waals surface area contributed by atoms with E-state index in [4.69, 9.17) is 0 Å². The second-order valence-electron chi connectivity index (χ2n) is 4.92. The quantitative estimate of drug-likeness (QED) is 0.769. The zero-order chi connectivity index (χ0) is 17.0. The van der Waals surface area contributed by atoms with Gasteiger partial charge in [0.25, 0.3) is 0 Å². The van der Waals surface area contributed by atoms with Crippen molar-refractivity contribution in [3.05, 3.63) is 41.5 Å². The Labute approximate surface area is 128 Å². The van der Waals surface area contributed by atoms with Crippen molar-refractivity contribution in [2.75, 3.05) is 11.0 Å². The molecule has 0 bridgehead atoms. The first-order valence-corrected chi connectivity index (χ1v) is 8.06. The van der Waals surface area contributed by atoms with E-state index in [1.165, 1.54) is 18.2 Å². The molecule has 0 spiro atoms. The van der Waals surface area contributed by atoms with Crippen molar-refractivity contribution >= 4 is 21.5 Å². The molecule has 2 aromatic rings. The zero-order valence-electron chi connectivity index (χ0n) is 11.5. The Balaban J connectivity index is 2.09. The van der Waals surface area contributed by atoms with Crippen molar-refractivity contribution in [1.82, 2.24) is 9.97 Å². The highest BCUT2D eigenvalue weighted by Gasteiger charge is 2.38. The Morgan fingerprint density at radius 3 is 2.43 bits per heavy atom. The number of aromatic nitrogens is 2. The number of nitrogens with zero attached hydrogens (tertiary/aromatic N) is 2. The Morgan fingerprint density at radius 1 is 1.13 bits per heavy atom. The SMILES string of the molecule is CS(=O)(=O)Nc1ccc2c(c1)C(=O)c1nc(C(F)(F)F)ncc1-2. The summed E-state index contributed by atoms with van der Waals surface area (Å²) in [4.78, 5) is 18.8. The highest BCUT2D eigenvalue weighted by Crippen LogP contribution is 2.38. The van der Waals surface area contributed by atoms with Gasteiger partial charge in [0.2, 0.25) is 21.6 Å². The van der Waals surface area contributed by atoms with Crippen molar-refractivity contribution in [3.8, 4) is 11.1 Å². The molecule has 0 amide bonds. The number of hydrogen-bond donors (Lipinski definition) is 1. The number of fused-ring (bicyclic) bond motifs is 3. The van der Waals surface area contributed by atoms with Gasteiger partial charge < -0.3 is 0 Å². The van der Waals surface area contributed by atoms with Crippen molar-refractivity contribution < 1.29 is 26.4 Å². The summed E-state index contributed by atoms with van der Waals surface area (Å²) in [6.07, 6.45) is -2.87. The molecule has 0 aliphatic heterocycles. The third-order valence-corrected chi connectivity index (χ3v) is 3.72. The Bertz CT molecular complexity index is 939. The van der Waals surface area contributed by atoms with Crippen molar-refractivity contribution in [3.63, 3.8) is 0 Å². The topological polar surface area (TPSA) is 89.0 Å². The smallest absolute Gasteiger partial charge is 0.287 e. The van der Waals surface area contributed by atoms with Crippen LogP contribution in [0.5, 0.6) is 0 Å². The van der Waals surface area contributed by atoms with E-state index in [2.05, 4.69) is 14.7 Å².